The highest BCUT2D eigenvalue weighted by atomic mass is 32.2. The fraction of sp³-hybridized carbons (Fsp3) is 0.400. The summed E-state index contributed by atoms with van der Waals surface area (Å²) in [6.07, 6.45) is 0.0781. The molecule has 0 bridgehead atoms. The van der Waals surface area contributed by atoms with Crippen molar-refractivity contribution in [2.24, 2.45) is 0 Å². The van der Waals surface area contributed by atoms with Gasteiger partial charge in [-0.2, -0.15) is 0 Å². The van der Waals surface area contributed by atoms with Crippen LogP contribution in [-0.4, -0.2) is 132 Å². The standard InChI is InChI=1S/C40H50O14S/c41-15-13-33-35(53-27-25-49-21-17-43)9-11-37(39(33)29-1-5-31(6-2-29)51-23-19-45)55(47,48)38-12-10-36(54-28-26-50-22-18-44)34(14-16-42)40(38)30-3-7-32(8-4-30)52-24-20-46/h1-12,41-46H,13-28H2. The smallest absolute Gasteiger partial charge is 0.207 e. The highest BCUT2D eigenvalue weighted by Crippen LogP contribution is 2.44. The van der Waals surface area contributed by atoms with E-state index in [1.165, 1.54) is 24.3 Å². The zero-order valence-electron chi connectivity index (χ0n) is 30.6. The lowest BCUT2D eigenvalue weighted by Crippen LogP contribution is -2.14. The largest absolute Gasteiger partial charge is 0.491 e. The van der Waals surface area contributed by atoms with Crippen molar-refractivity contribution >= 4 is 9.84 Å². The number of benzene rings is 4. The summed E-state index contributed by atoms with van der Waals surface area (Å²) in [5.41, 5.74) is 2.43. The van der Waals surface area contributed by atoms with Crippen molar-refractivity contribution in [1.82, 2.24) is 0 Å². The summed E-state index contributed by atoms with van der Waals surface area (Å²) in [5, 5.41) is 57.1. The van der Waals surface area contributed by atoms with Gasteiger partial charge in [0.15, 0.2) is 0 Å². The van der Waals surface area contributed by atoms with E-state index in [2.05, 4.69) is 0 Å². The molecule has 300 valence electrons. The summed E-state index contributed by atoms with van der Waals surface area (Å²) >= 11 is 0. The molecule has 4 aromatic rings. The van der Waals surface area contributed by atoms with Crippen LogP contribution in [0.2, 0.25) is 0 Å². The molecule has 0 saturated heterocycles. The maximum atomic E-state index is 15.2. The van der Waals surface area contributed by atoms with Crippen molar-refractivity contribution in [2.75, 3.05) is 92.5 Å². The maximum Gasteiger partial charge on any atom is 0.207 e. The monoisotopic (exact) mass is 786 g/mol. The summed E-state index contributed by atoms with van der Waals surface area (Å²) < 4.78 is 64.4. The van der Waals surface area contributed by atoms with Gasteiger partial charge in [0.1, 0.15) is 49.4 Å². The molecule has 0 aliphatic heterocycles. The first-order valence-electron chi connectivity index (χ1n) is 17.9. The van der Waals surface area contributed by atoms with E-state index in [-0.39, 0.29) is 115 Å². The molecular formula is C40H50O14S. The highest BCUT2D eigenvalue weighted by Gasteiger charge is 2.31. The molecule has 0 amide bonds. The van der Waals surface area contributed by atoms with Crippen LogP contribution in [0.3, 0.4) is 0 Å². The Balaban J connectivity index is 1.95. The first kappa shape index (κ1) is 43.4. The van der Waals surface area contributed by atoms with Crippen LogP contribution >= 0.6 is 0 Å². The van der Waals surface area contributed by atoms with Crippen molar-refractivity contribution in [1.29, 1.82) is 0 Å². The Morgan fingerprint density at radius 1 is 0.400 bits per heavy atom. The van der Waals surface area contributed by atoms with Crippen LogP contribution in [0.1, 0.15) is 11.1 Å². The average Bonchev–Trinajstić information content (AvgIpc) is 3.20. The Bertz CT molecular complexity index is 1720. The van der Waals surface area contributed by atoms with Gasteiger partial charge in [-0.15, -0.1) is 0 Å². The Kier molecular flexibility index (Phi) is 18.1. The van der Waals surface area contributed by atoms with Gasteiger partial charge in [-0.1, -0.05) is 24.3 Å². The molecule has 0 heterocycles. The highest BCUT2D eigenvalue weighted by molar-refractivity contribution is 7.91. The molecule has 4 aromatic carbocycles. The van der Waals surface area contributed by atoms with Gasteiger partial charge in [0.2, 0.25) is 9.84 Å². The fourth-order valence-electron chi connectivity index (χ4n) is 5.92. The minimum absolute atomic E-state index is 0.0390. The Morgan fingerprint density at radius 2 is 0.782 bits per heavy atom. The molecule has 0 atom stereocenters. The predicted molar refractivity (Wildman–Crippen MR) is 203 cm³/mol. The molecule has 55 heavy (non-hydrogen) atoms. The van der Waals surface area contributed by atoms with Gasteiger partial charge in [0, 0.05) is 35.5 Å². The number of hydrogen-bond donors (Lipinski definition) is 6. The number of aliphatic hydroxyl groups is 6. The van der Waals surface area contributed by atoms with Gasteiger partial charge in [0.25, 0.3) is 0 Å². The second kappa shape index (κ2) is 22.9. The first-order valence-corrected chi connectivity index (χ1v) is 19.4. The minimum atomic E-state index is -4.43. The molecular weight excluding hydrogens is 736 g/mol. The van der Waals surface area contributed by atoms with E-state index in [1.54, 1.807) is 48.5 Å². The van der Waals surface area contributed by atoms with Gasteiger partial charge < -0.3 is 59.1 Å². The van der Waals surface area contributed by atoms with Gasteiger partial charge in [0.05, 0.1) is 62.6 Å². The summed E-state index contributed by atoms with van der Waals surface area (Å²) in [7, 11) is -4.43. The number of rotatable bonds is 26. The molecule has 0 radical (unpaired) electrons. The molecule has 15 heteroatoms. The lowest BCUT2D eigenvalue weighted by Gasteiger charge is -2.23. The lowest BCUT2D eigenvalue weighted by molar-refractivity contribution is 0.0702. The Labute approximate surface area is 321 Å². The third-order valence-electron chi connectivity index (χ3n) is 8.21. The van der Waals surface area contributed by atoms with Gasteiger partial charge in [-0.3, -0.25) is 0 Å². The van der Waals surface area contributed by atoms with Crippen LogP contribution in [0.5, 0.6) is 23.0 Å². The average molecular weight is 787 g/mol. The van der Waals surface area contributed by atoms with Crippen LogP contribution in [0.4, 0.5) is 0 Å². The number of ether oxygens (including phenoxy) is 6. The van der Waals surface area contributed by atoms with Crippen molar-refractivity contribution in [3.63, 3.8) is 0 Å². The van der Waals surface area contributed by atoms with Crippen LogP contribution in [0.15, 0.2) is 82.6 Å². The summed E-state index contributed by atoms with van der Waals surface area (Å²) in [6, 6.07) is 19.4. The molecule has 0 aliphatic rings. The molecule has 6 N–H and O–H groups in total. The molecule has 0 fully saturated rings. The van der Waals surface area contributed by atoms with Crippen molar-refractivity contribution in [3.05, 3.63) is 83.9 Å². The van der Waals surface area contributed by atoms with Crippen LogP contribution in [0.25, 0.3) is 22.3 Å². The second-order valence-corrected chi connectivity index (χ2v) is 13.7. The fourth-order valence-corrected chi connectivity index (χ4v) is 7.67. The molecule has 0 saturated carbocycles. The van der Waals surface area contributed by atoms with Crippen LogP contribution < -0.4 is 18.9 Å². The molecule has 4 rings (SSSR count). The summed E-state index contributed by atoms with van der Waals surface area (Å²) in [6.45, 7) is -0.429. The topological polar surface area (TPSA) is 211 Å². The number of sulfone groups is 1. The van der Waals surface area contributed by atoms with E-state index in [9.17, 15) is 20.4 Å². The van der Waals surface area contributed by atoms with E-state index in [0.29, 0.717) is 56.4 Å². The zero-order chi connectivity index (χ0) is 39.5. The predicted octanol–water partition coefficient (Wildman–Crippen LogP) is 2.44. The SMILES string of the molecule is O=S(=O)(c1ccc(OCCOCCO)c(CCO)c1-c1ccc(OCCO)cc1)c1ccc(OCCOCCO)c(CCO)c1-c1ccc(OCCO)cc1. The zero-order valence-corrected chi connectivity index (χ0v) is 31.4. The molecule has 0 aliphatic carbocycles. The Hall–Kier alpha value is -4.29. The normalized spacial score (nSPS) is 11.5. The number of aliphatic hydroxyl groups excluding tert-OH is 6. The summed E-state index contributed by atoms with van der Waals surface area (Å²) in [5.74, 6) is 1.59. The quantitative estimate of drug-likeness (QED) is 0.0506. The molecule has 14 nitrogen and oxygen atoms in total. The number of hydrogen-bond acceptors (Lipinski definition) is 14. The third kappa shape index (κ3) is 11.9. The lowest BCUT2D eigenvalue weighted by atomic mass is 9.96. The van der Waals surface area contributed by atoms with Crippen LogP contribution in [-0.2, 0) is 32.2 Å². The second-order valence-electron chi connectivity index (χ2n) is 11.8. The van der Waals surface area contributed by atoms with E-state index in [1.807, 2.05) is 0 Å². The first-order chi connectivity index (χ1) is 26.8. The third-order valence-corrected chi connectivity index (χ3v) is 10.1. The van der Waals surface area contributed by atoms with Gasteiger partial charge >= 0.3 is 0 Å². The van der Waals surface area contributed by atoms with E-state index in [4.69, 9.17) is 38.6 Å². The van der Waals surface area contributed by atoms with Crippen molar-refractivity contribution in [3.8, 4) is 45.3 Å². The molecule has 0 aromatic heterocycles. The van der Waals surface area contributed by atoms with Crippen molar-refractivity contribution in [2.45, 2.75) is 22.6 Å². The minimum Gasteiger partial charge on any atom is -0.491 e. The van der Waals surface area contributed by atoms with Gasteiger partial charge in [-0.05, 0) is 72.5 Å². The van der Waals surface area contributed by atoms with Gasteiger partial charge in [-0.25, -0.2) is 8.42 Å². The molecule has 0 unspecified atom stereocenters. The van der Waals surface area contributed by atoms with E-state index >= 15 is 8.42 Å². The molecule has 0 spiro atoms. The summed E-state index contributed by atoms with van der Waals surface area (Å²) in [4.78, 5) is -0.150. The van der Waals surface area contributed by atoms with E-state index < -0.39 is 9.84 Å². The Morgan fingerprint density at radius 3 is 1.13 bits per heavy atom. The van der Waals surface area contributed by atoms with Crippen molar-refractivity contribution < 1.29 is 67.5 Å². The van der Waals surface area contributed by atoms with E-state index in [0.717, 1.165) is 0 Å². The maximum absolute atomic E-state index is 15.2. The van der Waals surface area contributed by atoms with Crippen LogP contribution in [0, 0.1) is 0 Å².